The highest BCUT2D eigenvalue weighted by Gasteiger charge is 2.54. The monoisotopic (exact) mass is 503 g/mol. The number of carbonyl (C=O) groups excluding carboxylic acids is 2. The number of hydrogen-bond donors (Lipinski definition) is 2. The van der Waals surface area contributed by atoms with E-state index in [0.29, 0.717) is 39.0 Å². The third-order valence-electron chi connectivity index (χ3n) is 7.32. The van der Waals surface area contributed by atoms with Gasteiger partial charge in [-0.15, -0.1) is 0 Å². The summed E-state index contributed by atoms with van der Waals surface area (Å²) in [4.78, 5) is 26.8. The molecule has 0 aliphatic carbocycles. The standard InChI is InChI=1S/C25H33N3O6S/c29-23(27-14-11-21-6-2-3-7-22(21)19-27)8-4-1-5-20-9-15-28(16-10-20)35(32,33)25(24(30)26-31)12-17-34-18-13-25/h1-8,20,31H,9-19H2,(H,26,30)/b5-1+,8-4+. The third kappa shape index (κ3) is 5.35. The summed E-state index contributed by atoms with van der Waals surface area (Å²) in [5.74, 6) is -0.732. The fourth-order valence-electron chi connectivity index (χ4n) is 5.11. The maximum atomic E-state index is 13.4. The molecule has 190 valence electrons. The number of fused-ring (bicyclic) bond motifs is 1. The van der Waals surface area contributed by atoms with Gasteiger partial charge in [0, 0.05) is 58.3 Å². The van der Waals surface area contributed by atoms with Gasteiger partial charge in [-0.1, -0.05) is 42.5 Å². The Kier molecular flexibility index (Phi) is 8.05. The average Bonchev–Trinajstić information content (AvgIpc) is 2.90. The minimum atomic E-state index is -3.96. The van der Waals surface area contributed by atoms with E-state index in [2.05, 4.69) is 12.1 Å². The predicted octanol–water partition coefficient (Wildman–Crippen LogP) is 1.78. The lowest BCUT2D eigenvalue weighted by atomic mass is 9.97. The zero-order valence-electron chi connectivity index (χ0n) is 19.8. The molecule has 0 unspecified atom stereocenters. The predicted molar refractivity (Wildman–Crippen MR) is 130 cm³/mol. The minimum absolute atomic E-state index is 0.0168. The molecule has 2 fully saturated rings. The molecule has 0 saturated carbocycles. The fourth-order valence-corrected chi connectivity index (χ4v) is 7.26. The van der Waals surface area contributed by atoms with Crippen LogP contribution in [-0.2, 0) is 37.3 Å². The lowest BCUT2D eigenvalue weighted by molar-refractivity contribution is -0.134. The Bertz CT molecular complexity index is 1090. The normalized spacial score (nSPS) is 21.8. The molecule has 2 N–H and O–H groups in total. The van der Waals surface area contributed by atoms with Crippen LogP contribution in [0, 0.1) is 5.92 Å². The highest BCUT2D eigenvalue weighted by molar-refractivity contribution is 7.91. The highest BCUT2D eigenvalue weighted by atomic mass is 32.2. The Balaban J connectivity index is 1.29. The van der Waals surface area contributed by atoms with E-state index in [-0.39, 0.29) is 37.9 Å². The van der Waals surface area contributed by atoms with Crippen LogP contribution in [0.2, 0.25) is 0 Å². The Morgan fingerprint density at radius 2 is 1.74 bits per heavy atom. The van der Waals surface area contributed by atoms with E-state index in [1.807, 2.05) is 29.2 Å². The summed E-state index contributed by atoms with van der Waals surface area (Å²) in [5, 5.41) is 9.18. The van der Waals surface area contributed by atoms with Crippen molar-refractivity contribution in [3.8, 4) is 0 Å². The largest absolute Gasteiger partial charge is 0.381 e. The molecule has 0 atom stereocenters. The molecule has 0 radical (unpaired) electrons. The van der Waals surface area contributed by atoms with Gasteiger partial charge in [-0.25, -0.2) is 18.2 Å². The molecule has 2 amide bonds. The molecule has 0 spiro atoms. The van der Waals surface area contributed by atoms with Gasteiger partial charge < -0.3 is 9.64 Å². The second-order valence-electron chi connectivity index (χ2n) is 9.31. The van der Waals surface area contributed by atoms with Gasteiger partial charge in [-0.3, -0.25) is 14.8 Å². The molecular weight excluding hydrogens is 470 g/mol. The summed E-state index contributed by atoms with van der Waals surface area (Å²) >= 11 is 0. The first-order valence-corrected chi connectivity index (χ1v) is 13.5. The van der Waals surface area contributed by atoms with Gasteiger partial charge in [0.1, 0.15) is 0 Å². The SMILES string of the molecule is O=C(/C=C/C=C/C1CCN(S(=O)(=O)C2(C(=O)NO)CCOCC2)CC1)N1CCc2ccccc2C1. The lowest BCUT2D eigenvalue weighted by Gasteiger charge is -2.40. The van der Waals surface area contributed by atoms with Crippen LogP contribution in [0.4, 0.5) is 0 Å². The number of hydrogen-bond acceptors (Lipinski definition) is 6. The average molecular weight is 504 g/mol. The van der Waals surface area contributed by atoms with E-state index in [9.17, 15) is 23.2 Å². The molecule has 4 rings (SSSR count). The van der Waals surface area contributed by atoms with Gasteiger partial charge in [-0.05, 0) is 36.3 Å². The second kappa shape index (κ2) is 11.0. The number of allylic oxidation sites excluding steroid dienone is 3. The first-order valence-electron chi connectivity index (χ1n) is 12.1. The van der Waals surface area contributed by atoms with Gasteiger partial charge in [0.05, 0.1) is 0 Å². The number of amides is 2. The van der Waals surface area contributed by atoms with Crippen LogP contribution in [0.5, 0.6) is 0 Å². The maximum absolute atomic E-state index is 13.4. The first kappa shape index (κ1) is 25.6. The number of piperidine rings is 1. The van der Waals surface area contributed by atoms with Gasteiger partial charge >= 0.3 is 0 Å². The van der Waals surface area contributed by atoms with E-state index in [1.165, 1.54) is 15.4 Å². The van der Waals surface area contributed by atoms with Gasteiger partial charge in [0.15, 0.2) is 4.75 Å². The summed E-state index contributed by atoms with van der Waals surface area (Å²) in [6.07, 6.45) is 9.31. The molecule has 0 bridgehead atoms. The van der Waals surface area contributed by atoms with Crippen LogP contribution < -0.4 is 5.48 Å². The lowest BCUT2D eigenvalue weighted by Crippen LogP contribution is -2.60. The van der Waals surface area contributed by atoms with E-state index in [0.717, 1.165) is 6.42 Å². The number of carbonyl (C=O) groups is 2. The zero-order chi connectivity index (χ0) is 24.9. The maximum Gasteiger partial charge on any atom is 0.266 e. The summed E-state index contributed by atoms with van der Waals surface area (Å²) in [6.45, 7) is 2.24. The van der Waals surface area contributed by atoms with Crippen LogP contribution >= 0.6 is 0 Å². The van der Waals surface area contributed by atoms with Crippen molar-refractivity contribution < 1.29 is 28.0 Å². The van der Waals surface area contributed by atoms with Gasteiger partial charge in [-0.2, -0.15) is 0 Å². The van der Waals surface area contributed by atoms with Crippen molar-refractivity contribution in [3.05, 3.63) is 59.7 Å². The third-order valence-corrected chi connectivity index (χ3v) is 9.95. The number of hydroxylamine groups is 1. The van der Waals surface area contributed by atoms with Crippen LogP contribution in [0.1, 0.15) is 36.8 Å². The van der Waals surface area contributed by atoms with Crippen molar-refractivity contribution in [3.63, 3.8) is 0 Å². The summed E-state index contributed by atoms with van der Waals surface area (Å²) < 4.78 is 31.6. The Hall–Kier alpha value is -2.53. The number of ether oxygens (including phenoxy) is 1. The molecule has 3 aliphatic rings. The van der Waals surface area contributed by atoms with Crippen LogP contribution in [0.15, 0.2) is 48.6 Å². The summed E-state index contributed by atoms with van der Waals surface area (Å²) in [7, 11) is -3.96. The molecule has 10 heteroatoms. The van der Waals surface area contributed by atoms with E-state index in [4.69, 9.17) is 4.74 Å². The Morgan fingerprint density at radius 1 is 1.06 bits per heavy atom. The highest BCUT2D eigenvalue weighted by Crippen LogP contribution is 2.35. The van der Waals surface area contributed by atoms with Gasteiger partial charge in [0.2, 0.25) is 15.9 Å². The molecule has 35 heavy (non-hydrogen) atoms. The topological polar surface area (TPSA) is 116 Å². The van der Waals surface area contributed by atoms with E-state index >= 15 is 0 Å². The van der Waals surface area contributed by atoms with Crippen molar-refractivity contribution in [2.24, 2.45) is 5.92 Å². The fraction of sp³-hybridized carbons (Fsp3) is 0.520. The molecule has 1 aromatic rings. The molecule has 2 saturated heterocycles. The number of benzene rings is 1. The number of nitrogens with one attached hydrogen (secondary N) is 1. The quantitative estimate of drug-likeness (QED) is 0.265. The van der Waals surface area contributed by atoms with Crippen LogP contribution in [0.25, 0.3) is 0 Å². The van der Waals surface area contributed by atoms with Crippen LogP contribution in [-0.4, -0.2) is 72.2 Å². The van der Waals surface area contributed by atoms with Crippen molar-refractivity contribution >= 4 is 21.8 Å². The van der Waals surface area contributed by atoms with Crippen molar-refractivity contribution in [1.82, 2.24) is 14.7 Å². The first-order chi connectivity index (χ1) is 16.9. The molecule has 3 heterocycles. The second-order valence-corrected chi connectivity index (χ2v) is 11.6. The molecule has 3 aliphatic heterocycles. The minimum Gasteiger partial charge on any atom is -0.381 e. The van der Waals surface area contributed by atoms with Crippen molar-refractivity contribution in [2.75, 3.05) is 32.8 Å². The van der Waals surface area contributed by atoms with E-state index < -0.39 is 20.7 Å². The zero-order valence-corrected chi connectivity index (χ0v) is 20.6. The van der Waals surface area contributed by atoms with E-state index in [1.54, 1.807) is 17.6 Å². The molecule has 1 aromatic carbocycles. The van der Waals surface area contributed by atoms with Crippen LogP contribution in [0.3, 0.4) is 0 Å². The molecular formula is C25H33N3O6S. The molecule has 9 nitrogen and oxygen atoms in total. The number of rotatable bonds is 6. The Morgan fingerprint density at radius 3 is 2.43 bits per heavy atom. The van der Waals surface area contributed by atoms with Gasteiger partial charge in [0.25, 0.3) is 5.91 Å². The summed E-state index contributed by atoms with van der Waals surface area (Å²) in [5.41, 5.74) is 4.04. The smallest absolute Gasteiger partial charge is 0.266 e. The number of sulfonamides is 1. The Labute approximate surface area is 206 Å². The summed E-state index contributed by atoms with van der Waals surface area (Å²) in [6, 6.07) is 8.19. The molecule has 0 aromatic heterocycles. The van der Waals surface area contributed by atoms with Crippen molar-refractivity contribution in [1.29, 1.82) is 0 Å². The van der Waals surface area contributed by atoms with Crippen molar-refractivity contribution in [2.45, 2.75) is 43.4 Å². The number of nitrogens with zero attached hydrogens (tertiary/aromatic N) is 2.